The average Bonchev–Trinajstić information content (AvgIpc) is 2.86. The highest BCUT2D eigenvalue weighted by Gasteiger charge is 2.17. The highest BCUT2D eigenvalue weighted by atomic mass is 79.9. The van der Waals surface area contributed by atoms with Crippen LogP contribution < -0.4 is 0 Å². The second-order valence-corrected chi connectivity index (χ2v) is 5.34. The van der Waals surface area contributed by atoms with E-state index >= 15 is 0 Å². The highest BCUT2D eigenvalue weighted by Crippen LogP contribution is 2.21. The van der Waals surface area contributed by atoms with Crippen LogP contribution in [0.2, 0.25) is 0 Å². The Kier molecular flexibility index (Phi) is 4.20. The van der Waals surface area contributed by atoms with Crippen molar-refractivity contribution in [2.75, 3.05) is 6.61 Å². The number of hydrogen-bond donors (Lipinski definition) is 1. The van der Waals surface area contributed by atoms with Crippen molar-refractivity contribution in [1.82, 2.24) is 9.97 Å². The number of rotatable bonds is 5. The zero-order chi connectivity index (χ0) is 10.5. The number of alkyl halides is 1. The summed E-state index contributed by atoms with van der Waals surface area (Å²) in [7, 11) is 0. The van der Waals surface area contributed by atoms with Crippen LogP contribution in [0.4, 0.5) is 0 Å². The molecule has 1 aliphatic heterocycles. The minimum atomic E-state index is 0.502. The van der Waals surface area contributed by atoms with Crippen LogP contribution in [-0.2, 0) is 11.2 Å². The molecule has 0 spiro atoms. The number of nitrogens with one attached hydrogen (secondary N) is 1. The van der Waals surface area contributed by atoms with Gasteiger partial charge in [0.1, 0.15) is 5.82 Å². The second kappa shape index (κ2) is 5.66. The molecule has 1 saturated heterocycles. The Morgan fingerprint density at radius 2 is 2.60 bits per heavy atom. The van der Waals surface area contributed by atoms with Crippen LogP contribution in [0.25, 0.3) is 0 Å². The van der Waals surface area contributed by atoms with E-state index in [0.717, 1.165) is 31.7 Å². The lowest BCUT2D eigenvalue weighted by atomic mass is 10.1. The Hall–Kier alpha value is -0.350. The van der Waals surface area contributed by atoms with E-state index in [1.165, 1.54) is 12.8 Å². The Morgan fingerprint density at radius 3 is 3.27 bits per heavy atom. The van der Waals surface area contributed by atoms with Crippen LogP contribution in [0.5, 0.6) is 0 Å². The van der Waals surface area contributed by atoms with Crippen LogP contribution in [0.3, 0.4) is 0 Å². The third kappa shape index (κ3) is 3.61. The Morgan fingerprint density at radius 1 is 1.67 bits per heavy atom. The Bertz CT molecular complexity index is 270. The molecule has 0 bridgehead atoms. The van der Waals surface area contributed by atoms with Gasteiger partial charge in [-0.25, -0.2) is 4.98 Å². The number of ether oxygens (including phenoxy) is 1. The molecule has 0 saturated carbocycles. The van der Waals surface area contributed by atoms with E-state index in [4.69, 9.17) is 4.74 Å². The van der Waals surface area contributed by atoms with Crippen molar-refractivity contribution in [1.29, 1.82) is 0 Å². The lowest BCUT2D eigenvalue weighted by Gasteiger charge is -2.12. The van der Waals surface area contributed by atoms with Gasteiger partial charge < -0.3 is 9.72 Å². The third-order valence-electron chi connectivity index (χ3n) is 2.80. The zero-order valence-corrected chi connectivity index (χ0v) is 10.4. The average molecular weight is 273 g/mol. The first kappa shape index (κ1) is 11.1. The summed E-state index contributed by atoms with van der Waals surface area (Å²) in [5.41, 5.74) is 0. The van der Waals surface area contributed by atoms with Crippen LogP contribution in [0, 0.1) is 0 Å². The molecule has 1 aliphatic rings. The van der Waals surface area contributed by atoms with Gasteiger partial charge in [0.2, 0.25) is 0 Å². The maximum atomic E-state index is 5.59. The largest absolute Gasteiger partial charge is 0.378 e. The van der Waals surface area contributed by atoms with Gasteiger partial charge in [0.05, 0.1) is 6.10 Å². The maximum Gasteiger partial charge on any atom is 0.107 e. The summed E-state index contributed by atoms with van der Waals surface area (Å²) < 4.78 is 5.59. The molecule has 4 heteroatoms. The zero-order valence-electron chi connectivity index (χ0n) is 8.79. The molecule has 3 nitrogen and oxygen atoms in total. The number of H-pyrrole nitrogens is 1. The van der Waals surface area contributed by atoms with E-state index in [9.17, 15) is 0 Å². The summed E-state index contributed by atoms with van der Waals surface area (Å²) in [6.45, 7) is 0.954. The SMILES string of the molecule is BrC(CCC1CCCO1)Cc1ncc[nH]1. The lowest BCUT2D eigenvalue weighted by molar-refractivity contribution is 0.102. The van der Waals surface area contributed by atoms with Crippen LogP contribution in [-0.4, -0.2) is 27.5 Å². The van der Waals surface area contributed by atoms with Crippen molar-refractivity contribution in [3.8, 4) is 0 Å². The van der Waals surface area contributed by atoms with Crippen molar-refractivity contribution >= 4 is 15.9 Å². The first-order valence-corrected chi connectivity index (χ1v) is 6.50. The number of nitrogens with zero attached hydrogens (tertiary/aromatic N) is 1. The van der Waals surface area contributed by atoms with E-state index in [1.807, 2.05) is 6.20 Å². The van der Waals surface area contributed by atoms with Gasteiger partial charge in [-0.3, -0.25) is 0 Å². The standard InChI is InChI=1S/C11H17BrN2O/c12-9(8-11-13-5-6-14-11)3-4-10-2-1-7-15-10/h5-6,9-10H,1-4,7-8H2,(H,13,14). The predicted octanol–water partition coefficient (Wildman–Crippen LogP) is 2.67. The van der Waals surface area contributed by atoms with Gasteiger partial charge >= 0.3 is 0 Å². The van der Waals surface area contributed by atoms with Crippen molar-refractivity contribution in [3.63, 3.8) is 0 Å². The maximum absolute atomic E-state index is 5.59. The second-order valence-electron chi connectivity index (χ2n) is 4.05. The molecule has 2 unspecified atom stereocenters. The monoisotopic (exact) mass is 272 g/mol. The topological polar surface area (TPSA) is 37.9 Å². The molecule has 2 heterocycles. The minimum absolute atomic E-state index is 0.502. The normalized spacial score (nSPS) is 23.1. The number of imidazole rings is 1. The summed E-state index contributed by atoms with van der Waals surface area (Å²) >= 11 is 3.69. The summed E-state index contributed by atoms with van der Waals surface area (Å²) in [6, 6.07) is 0. The smallest absolute Gasteiger partial charge is 0.107 e. The fourth-order valence-electron chi connectivity index (χ4n) is 1.96. The molecule has 0 aliphatic carbocycles. The van der Waals surface area contributed by atoms with Gasteiger partial charge in [-0.05, 0) is 25.7 Å². The van der Waals surface area contributed by atoms with Crippen LogP contribution >= 0.6 is 15.9 Å². The molecular formula is C11H17BrN2O. The van der Waals surface area contributed by atoms with Gasteiger partial charge in [0.15, 0.2) is 0 Å². The van der Waals surface area contributed by atoms with Gasteiger partial charge in [-0.1, -0.05) is 15.9 Å². The summed E-state index contributed by atoms with van der Waals surface area (Å²) in [4.78, 5) is 7.85. The van der Waals surface area contributed by atoms with Crippen molar-refractivity contribution in [3.05, 3.63) is 18.2 Å². The summed E-state index contributed by atoms with van der Waals surface area (Å²) in [5, 5.41) is 0. The molecule has 0 amide bonds. The Balaban J connectivity index is 1.66. The summed E-state index contributed by atoms with van der Waals surface area (Å²) in [6.07, 6.45) is 9.93. The Labute approximate surface area is 98.8 Å². The van der Waals surface area contributed by atoms with E-state index < -0.39 is 0 Å². The molecular weight excluding hydrogens is 256 g/mol. The van der Waals surface area contributed by atoms with Crippen molar-refractivity contribution < 1.29 is 4.74 Å². The van der Waals surface area contributed by atoms with Gasteiger partial charge in [-0.2, -0.15) is 0 Å². The molecule has 84 valence electrons. The number of aromatic amines is 1. The highest BCUT2D eigenvalue weighted by molar-refractivity contribution is 9.09. The molecule has 1 aromatic heterocycles. The molecule has 1 N–H and O–H groups in total. The van der Waals surface area contributed by atoms with E-state index in [2.05, 4.69) is 25.9 Å². The number of hydrogen-bond acceptors (Lipinski definition) is 2. The lowest BCUT2D eigenvalue weighted by Crippen LogP contribution is -2.11. The first-order chi connectivity index (χ1) is 7.34. The molecule has 1 fully saturated rings. The minimum Gasteiger partial charge on any atom is -0.378 e. The summed E-state index contributed by atoms with van der Waals surface area (Å²) in [5.74, 6) is 1.06. The molecule has 15 heavy (non-hydrogen) atoms. The molecule has 0 aromatic carbocycles. The number of halogens is 1. The van der Waals surface area contributed by atoms with Crippen LogP contribution in [0.1, 0.15) is 31.5 Å². The van der Waals surface area contributed by atoms with Crippen molar-refractivity contribution in [2.45, 2.75) is 43.0 Å². The predicted molar refractivity (Wildman–Crippen MR) is 63.2 cm³/mol. The van der Waals surface area contributed by atoms with Gasteiger partial charge in [-0.15, -0.1) is 0 Å². The van der Waals surface area contributed by atoms with E-state index in [0.29, 0.717) is 10.9 Å². The molecule has 2 rings (SSSR count). The molecule has 1 aromatic rings. The van der Waals surface area contributed by atoms with Crippen molar-refractivity contribution in [2.24, 2.45) is 0 Å². The fraction of sp³-hybridized carbons (Fsp3) is 0.727. The van der Waals surface area contributed by atoms with E-state index in [1.54, 1.807) is 6.20 Å². The van der Waals surface area contributed by atoms with Crippen LogP contribution in [0.15, 0.2) is 12.4 Å². The molecule has 2 atom stereocenters. The quantitative estimate of drug-likeness (QED) is 0.837. The first-order valence-electron chi connectivity index (χ1n) is 5.58. The third-order valence-corrected chi connectivity index (χ3v) is 3.58. The molecule has 0 radical (unpaired) electrons. The van der Waals surface area contributed by atoms with Gasteiger partial charge in [0.25, 0.3) is 0 Å². The van der Waals surface area contributed by atoms with E-state index in [-0.39, 0.29) is 0 Å². The fourth-order valence-corrected chi connectivity index (χ4v) is 2.53. The van der Waals surface area contributed by atoms with Gasteiger partial charge in [0, 0.05) is 30.2 Å². The number of aromatic nitrogens is 2.